The third kappa shape index (κ3) is 5.26. The average Bonchev–Trinajstić information content (AvgIpc) is 2.28. The lowest BCUT2D eigenvalue weighted by molar-refractivity contribution is -0.385. The number of benzene rings is 1. The summed E-state index contributed by atoms with van der Waals surface area (Å²) >= 11 is 3.32. The van der Waals surface area contributed by atoms with Crippen LogP contribution in [0.1, 0.15) is 25.8 Å². The molecule has 0 saturated heterocycles. The number of halogens is 1. The SMILES string of the molecule is CC(C)(CCO)CNCc1cc(Br)ccc1[N+](=O)[O-]. The maximum absolute atomic E-state index is 10.9. The third-order valence-corrected chi connectivity index (χ3v) is 3.44. The van der Waals surface area contributed by atoms with E-state index in [0.717, 1.165) is 4.47 Å². The molecule has 0 fully saturated rings. The van der Waals surface area contributed by atoms with Crippen LogP contribution in [-0.2, 0) is 6.54 Å². The molecular weight excluding hydrogens is 312 g/mol. The molecule has 1 rings (SSSR count). The summed E-state index contributed by atoms with van der Waals surface area (Å²) in [7, 11) is 0. The Bertz CT molecular complexity index is 450. The van der Waals surface area contributed by atoms with Gasteiger partial charge in [0.15, 0.2) is 0 Å². The molecule has 1 aromatic carbocycles. The van der Waals surface area contributed by atoms with E-state index < -0.39 is 0 Å². The fourth-order valence-electron chi connectivity index (χ4n) is 1.80. The second kappa shape index (κ2) is 6.98. The highest BCUT2D eigenvalue weighted by Crippen LogP contribution is 2.23. The lowest BCUT2D eigenvalue weighted by atomic mass is 9.90. The van der Waals surface area contributed by atoms with Crippen molar-refractivity contribution in [3.63, 3.8) is 0 Å². The smallest absolute Gasteiger partial charge is 0.273 e. The largest absolute Gasteiger partial charge is 0.396 e. The zero-order valence-electron chi connectivity index (χ0n) is 11.1. The van der Waals surface area contributed by atoms with Crippen LogP contribution in [0.2, 0.25) is 0 Å². The fourth-order valence-corrected chi connectivity index (χ4v) is 2.21. The summed E-state index contributed by atoms with van der Waals surface area (Å²) in [4.78, 5) is 10.6. The van der Waals surface area contributed by atoms with E-state index in [1.807, 2.05) is 13.8 Å². The van der Waals surface area contributed by atoms with E-state index in [1.165, 1.54) is 6.07 Å². The van der Waals surface area contributed by atoms with E-state index in [9.17, 15) is 10.1 Å². The monoisotopic (exact) mass is 330 g/mol. The summed E-state index contributed by atoms with van der Waals surface area (Å²) in [5.41, 5.74) is 0.741. The van der Waals surface area contributed by atoms with E-state index >= 15 is 0 Å². The number of nitrogens with zero attached hydrogens (tertiary/aromatic N) is 1. The lowest BCUT2D eigenvalue weighted by Gasteiger charge is -2.23. The Morgan fingerprint density at radius 1 is 1.47 bits per heavy atom. The topological polar surface area (TPSA) is 75.4 Å². The molecule has 0 atom stereocenters. The van der Waals surface area contributed by atoms with Gasteiger partial charge in [-0.25, -0.2) is 0 Å². The average molecular weight is 331 g/mol. The Kier molecular flexibility index (Phi) is 5.90. The van der Waals surface area contributed by atoms with Crippen molar-refractivity contribution in [3.8, 4) is 0 Å². The number of nitrogens with one attached hydrogen (secondary N) is 1. The van der Waals surface area contributed by atoms with Gasteiger partial charge in [-0.05, 0) is 24.0 Å². The van der Waals surface area contributed by atoms with Gasteiger partial charge in [0.2, 0.25) is 0 Å². The van der Waals surface area contributed by atoms with Crippen molar-refractivity contribution in [2.45, 2.75) is 26.8 Å². The highest BCUT2D eigenvalue weighted by atomic mass is 79.9. The summed E-state index contributed by atoms with van der Waals surface area (Å²) in [6.07, 6.45) is 0.695. The van der Waals surface area contributed by atoms with Gasteiger partial charge in [0.1, 0.15) is 0 Å². The van der Waals surface area contributed by atoms with Gasteiger partial charge < -0.3 is 10.4 Å². The van der Waals surface area contributed by atoms with Crippen LogP contribution in [0.3, 0.4) is 0 Å². The Morgan fingerprint density at radius 3 is 2.74 bits per heavy atom. The Labute approximate surface area is 121 Å². The number of aliphatic hydroxyl groups is 1. The van der Waals surface area contributed by atoms with Crippen molar-refractivity contribution in [2.75, 3.05) is 13.2 Å². The van der Waals surface area contributed by atoms with Crippen molar-refractivity contribution >= 4 is 21.6 Å². The van der Waals surface area contributed by atoms with Crippen LogP contribution >= 0.6 is 15.9 Å². The first kappa shape index (κ1) is 16.1. The van der Waals surface area contributed by atoms with E-state index in [1.54, 1.807) is 12.1 Å². The van der Waals surface area contributed by atoms with Crippen molar-refractivity contribution < 1.29 is 10.0 Å². The van der Waals surface area contributed by atoms with Crippen molar-refractivity contribution in [3.05, 3.63) is 38.3 Å². The summed E-state index contributed by atoms with van der Waals surface area (Å²) in [6, 6.07) is 4.92. The minimum Gasteiger partial charge on any atom is -0.396 e. The summed E-state index contributed by atoms with van der Waals surface area (Å²) < 4.78 is 0.824. The molecule has 19 heavy (non-hydrogen) atoms. The van der Waals surface area contributed by atoms with E-state index in [0.29, 0.717) is 25.1 Å². The van der Waals surface area contributed by atoms with E-state index in [-0.39, 0.29) is 22.6 Å². The van der Waals surface area contributed by atoms with Crippen LogP contribution in [0.25, 0.3) is 0 Å². The van der Waals surface area contributed by atoms with Gasteiger partial charge in [0.25, 0.3) is 5.69 Å². The minimum atomic E-state index is -0.373. The van der Waals surface area contributed by atoms with E-state index in [4.69, 9.17) is 5.11 Å². The number of hydrogen-bond acceptors (Lipinski definition) is 4. The quantitative estimate of drug-likeness (QED) is 0.595. The zero-order valence-corrected chi connectivity index (χ0v) is 12.7. The normalized spacial score (nSPS) is 11.6. The molecule has 6 heteroatoms. The van der Waals surface area contributed by atoms with Crippen LogP contribution in [0.4, 0.5) is 5.69 Å². The maximum Gasteiger partial charge on any atom is 0.273 e. The van der Waals surface area contributed by atoms with Crippen molar-refractivity contribution in [2.24, 2.45) is 5.41 Å². The molecule has 0 aliphatic carbocycles. The number of rotatable bonds is 7. The summed E-state index contributed by atoms with van der Waals surface area (Å²) in [6.45, 7) is 5.37. The standard InChI is InChI=1S/C13H19BrN2O3/c1-13(2,5-6-17)9-15-8-10-7-11(14)3-4-12(10)16(18)19/h3-4,7,15,17H,5-6,8-9H2,1-2H3. The molecular formula is C13H19BrN2O3. The van der Waals surface area contributed by atoms with Crippen molar-refractivity contribution in [1.29, 1.82) is 0 Å². The third-order valence-electron chi connectivity index (χ3n) is 2.95. The minimum absolute atomic E-state index is 0.0322. The fraction of sp³-hybridized carbons (Fsp3) is 0.538. The first-order valence-electron chi connectivity index (χ1n) is 6.10. The van der Waals surface area contributed by atoms with Crippen LogP contribution < -0.4 is 5.32 Å². The number of hydrogen-bond donors (Lipinski definition) is 2. The second-order valence-electron chi connectivity index (χ2n) is 5.27. The molecule has 0 radical (unpaired) electrons. The van der Waals surface area contributed by atoms with Crippen LogP contribution in [0.5, 0.6) is 0 Å². The lowest BCUT2D eigenvalue weighted by Crippen LogP contribution is -2.30. The molecule has 0 spiro atoms. The molecule has 0 aromatic heterocycles. The van der Waals surface area contributed by atoms with Gasteiger partial charge in [-0.15, -0.1) is 0 Å². The van der Waals surface area contributed by atoms with Crippen molar-refractivity contribution in [1.82, 2.24) is 5.32 Å². The van der Waals surface area contributed by atoms with E-state index in [2.05, 4.69) is 21.2 Å². The predicted octanol–water partition coefficient (Wildman–Crippen LogP) is 2.86. The Balaban J connectivity index is 2.67. The van der Waals surface area contributed by atoms with Gasteiger partial charge in [-0.3, -0.25) is 10.1 Å². The van der Waals surface area contributed by atoms with Gasteiger partial charge in [0.05, 0.1) is 4.92 Å². The molecule has 0 aliphatic rings. The molecule has 106 valence electrons. The Hall–Kier alpha value is -0.980. The van der Waals surface area contributed by atoms with Crippen LogP contribution in [0, 0.1) is 15.5 Å². The Morgan fingerprint density at radius 2 is 2.16 bits per heavy atom. The number of nitro groups is 1. The maximum atomic E-state index is 10.9. The van der Waals surface area contributed by atoms with Gasteiger partial charge in [0, 0.05) is 35.8 Å². The number of nitro benzene ring substituents is 1. The number of aliphatic hydroxyl groups excluding tert-OH is 1. The molecule has 1 aromatic rings. The summed E-state index contributed by atoms with van der Waals surface area (Å²) in [5.74, 6) is 0. The molecule has 0 aliphatic heterocycles. The second-order valence-corrected chi connectivity index (χ2v) is 6.19. The first-order valence-corrected chi connectivity index (χ1v) is 6.89. The molecule has 0 amide bonds. The van der Waals surface area contributed by atoms with Gasteiger partial charge >= 0.3 is 0 Å². The summed E-state index contributed by atoms with van der Waals surface area (Å²) in [5, 5.41) is 23.1. The highest BCUT2D eigenvalue weighted by molar-refractivity contribution is 9.10. The van der Waals surface area contributed by atoms with Gasteiger partial charge in [-0.2, -0.15) is 0 Å². The molecule has 2 N–H and O–H groups in total. The molecule has 5 nitrogen and oxygen atoms in total. The first-order chi connectivity index (χ1) is 8.85. The molecule has 0 unspecified atom stereocenters. The zero-order chi connectivity index (χ0) is 14.5. The molecule has 0 saturated carbocycles. The highest BCUT2D eigenvalue weighted by Gasteiger charge is 2.18. The molecule has 0 heterocycles. The molecule has 0 bridgehead atoms. The predicted molar refractivity (Wildman–Crippen MR) is 78.0 cm³/mol. The van der Waals surface area contributed by atoms with Gasteiger partial charge in [-0.1, -0.05) is 29.8 Å². The van der Waals surface area contributed by atoms with Crippen LogP contribution in [-0.4, -0.2) is 23.2 Å². The van der Waals surface area contributed by atoms with Crippen LogP contribution in [0.15, 0.2) is 22.7 Å².